The summed E-state index contributed by atoms with van der Waals surface area (Å²) in [7, 11) is 0. The predicted octanol–water partition coefficient (Wildman–Crippen LogP) is 4.00. The number of alkyl halides is 3. The molecule has 0 radical (unpaired) electrons. The van der Waals surface area contributed by atoms with Crippen LogP contribution in [0.5, 0.6) is 0 Å². The van der Waals surface area contributed by atoms with E-state index in [2.05, 4.69) is 0 Å². The van der Waals surface area contributed by atoms with Gasteiger partial charge in [-0.1, -0.05) is 19.9 Å². The Morgan fingerprint density at radius 1 is 1.28 bits per heavy atom. The number of halogens is 4. The molecule has 0 fully saturated rings. The normalized spacial score (nSPS) is 11.9. The summed E-state index contributed by atoms with van der Waals surface area (Å²) in [5.74, 6) is -1.46. The highest BCUT2D eigenvalue weighted by Crippen LogP contribution is 2.32. The van der Waals surface area contributed by atoms with Crippen molar-refractivity contribution in [2.75, 3.05) is 0 Å². The van der Waals surface area contributed by atoms with Gasteiger partial charge in [-0.2, -0.15) is 13.2 Å². The van der Waals surface area contributed by atoms with Gasteiger partial charge in [0.1, 0.15) is 11.6 Å². The Hall–Kier alpha value is -1.39. The molecule has 1 nitrogen and oxygen atoms in total. The lowest BCUT2D eigenvalue weighted by atomic mass is 9.99. The summed E-state index contributed by atoms with van der Waals surface area (Å²) in [4.78, 5) is 11.4. The van der Waals surface area contributed by atoms with E-state index in [1.807, 2.05) is 0 Å². The van der Waals surface area contributed by atoms with Gasteiger partial charge in [-0.05, 0) is 24.1 Å². The van der Waals surface area contributed by atoms with Gasteiger partial charge >= 0.3 is 6.18 Å². The number of aryl methyl sites for hydroxylation is 1. The number of rotatable bonds is 4. The first-order valence-electron chi connectivity index (χ1n) is 5.60. The zero-order chi connectivity index (χ0) is 13.9. The standard InChI is InChI=1S/C13H14F4O/c1-8(2)12(18)6-4-9-3-5-11(14)10(7-9)13(15,16)17/h3,5,7-8H,4,6H2,1-2H3. The molecule has 1 aromatic carbocycles. The maximum Gasteiger partial charge on any atom is 0.419 e. The van der Waals surface area contributed by atoms with E-state index in [4.69, 9.17) is 0 Å². The molecule has 0 amide bonds. The third kappa shape index (κ3) is 3.82. The first-order chi connectivity index (χ1) is 8.21. The summed E-state index contributed by atoms with van der Waals surface area (Å²) in [6, 6.07) is 2.83. The molecule has 0 aliphatic carbocycles. The summed E-state index contributed by atoms with van der Waals surface area (Å²) in [5.41, 5.74) is -0.963. The van der Waals surface area contributed by atoms with Gasteiger partial charge in [-0.15, -0.1) is 0 Å². The fourth-order valence-electron chi connectivity index (χ4n) is 1.50. The van der Waals surface area contributed by atoms with Crippen LogP contribution < -0.4 is 0 Å². The van der Waals surface area contributed by atoms with E-state index in [1.165, 1.54) is 6.07 Å². The monoisotopic (exact) mass is 262 g/mol. The molecule has 0 heterocycles. The zero-order valence-corrected chi connectivity index (χ0v) is 10.1. The van der Waals surface area contributed by atoms with Crippen LogP contribution >= 0.6 is 0 Å². The Morgan fingerprint density at radius 3 is 2.39 bits per heavy atom. The van der Waals surface area contributed by atoms with Gasteiger partial charge in [0.05, 0.1) is 5.56 Å². The fraction of sp³-hybridized carbons (Fsp3) is 0.462. The topological polar surface area (TPSA) is 17.1 Å². The highest BCUT2D eigenvalue weighted by Gasteiger charge is 2.34. The minimum absolute atomic E-state index is 0.0205. The van der Waals surface area contributed by atoms with Gasteiger partial charge in [0.2, 0.25) is 0 Å². The van der Waals surface area contributed by atoms with E-state index in [1.54, 1.807) is 13.8 Å². The number of hydrogen-bond acceptors (Lipinski definition) is 1. The van der Waals surface area contributed by atoms with E-state index in [-0.39, 0.29) is 24.5 Å². The molecule has 1 aromatic rings. The average Bonchev–Trinajstić information content (AvgIpc) is 2.25. The van der Waals surface area contributed by atoms with E-state index < -0.39 is 17.6 Å². The Kier molecular flexibility index (Phi) is 4.48. The molecule has 0 spiro atoms. The highest BCUT2D eigenvalue weighted by molar-refractivity contribution is 5.80. The van der Waals surface area contributed by atoms with Gasteiger partial charge in [0.15, 0.2) is 0 Å². The molecular weight excluding hydrogens is 248 g/mol. The predicted molar refractivity (Wildman–Crippen MR) is 59.6 cm³/mol. The van der Waals surface area contributed by atoms with E-state index >= 15 is 0 Å². The van der Waals surface area contributed by atoms with Gasteiger partial charge in [-0.3, -0.25) is 4.79 Å². The van der Waals surface area contributed by atoms with Crippen LogP contribution in [0.3, 0.4) is 0 Å². The molecule has 5 heteroatoms. The zero-order valence-electron chi connectivity index (χ0n) is 10.1. The van der Waals surface area contributed by atoms with E-state index in [0.29, 0.717) is 5.56 Å². The minimum atomic E-state index is -4.71. The number of benzene rings is 1. The first kappa shape index (κ1) is 14.7. The largest absolute Gasteiger partial charge is 0.419 e. The van der Waals surface area contributed by atoms with Crippen molar-refractivity contribution < 1.29 is 22.4 Å². The maximum atomic E-state index is 13.0. The molecule has 1 rings (SSSR count). The molecule has 0 unspecified atom stereocenters. The van der Waals surface area contributed by atoms with Crippen LogP contribution in [0.1, 0.15) is 31.4 Å². The molecule has 0 aliphatic heterocycles. The lowest BCUT2D eigenvalue weighted by Crippen LogP contribution is -2.10. The Bertz CT molecular complexity index is 435. The van der Waals surface area contributed by atoms with Crippen LogP contribution in [0, 0.1) is 11.7 Å². The van der Waals surface area contributed by atoms with Crippen molar-refractivity contribution in [3.63, 3.8) is 0 Å². The molecule has 0 saturated heterocycles. The lowest BCUT2D eigenvalue weighted by molar-refractivity contribution is -0.140. The van der Waals surface area contributed by atoms with Crippen LogP contribution in [0.25, 0.3) is 0 Å². The van der Waals surface area contributed by atoms with Crippen molar-refractivity contribution >= 4 is 5.78 Å². The van der Waals surface area contributed by atoms with Crippen LogP contribution in [-0.2, 0) is 17.4 Å². The molecule has 0 aliphatic rings. The van der Waals surface area contributed by atoms with Crippen LogP contribution in [0.2, 0.25) is 0 Å². The minimum Gasteiger partial charge on any atom is -0.299 e. The molecule has 0 N–H and O–H groups in total. The van der Waals surface area contributed by atoms with E-state index in [0.717, 1.165) is 12.1 Å². The van der Waals surface area contributed by atoms with Crippen LogP contribution in [0.15, 0.2) is 18.2 Å². The summed E-state index contributed by atoms with van der Waals surface area (Å²) in [6.07, 6.45) is -4.34. The second-order valence-electron chi connectivity index (χ2n) is 4.43. The van der Waals surface area contributed by atoms with E-state index in [9.17, 15) is 22.4 Å². The third-order valence-corrected chi connectivity index (χ3v) is 2.64. The van der Waals surface area contributed by atoms with Crippen molar-refractivity contribution in [2.45, 2.75) is 32.9 Å². The number of carbonyl (C=O) groups is 1. The molecule has 0 bridgehead atoms. The highest BCUT2D eigenvalue weighted by atomic mass is 19.4. The maximum absolute atomic E-state index is 13.0. The molecule has 0 atom stereocenters. The number of Topliss-reactive ketones (excluding diaryl/α,β-unsaturated/α-hetero) is 1. The molecule has 18 heavy (non-hydrogen) atoms. The second kappa shape index (κ2) is 5.50. The van der Waals surface area contributed by atoms with Crippen molar-refractivity contribution in [3.05, 3.63) is 35.1 Å². The molecule has 0 aromatic heterocycles. The Balaban J connectivity index is 2.83. The summed E-state index contributed by atoms with van der Waals surface area (Å²) < 4.78 is 50.4. The fourth-order valence-corrected chi connectivity index (χ4v) is 1.50. The van der Waals surface area contributed by atoms with Crippen molar-refractivity contribution in [2.24, 2.45) is 5.92 Å². The third-order valence-electron chi connectivity index (χ3n) is 2.64. The molecular formula is C13H14F4O. The quantitative estimate of drug-likeness (QED) is 0.749. The SMILES string of the molecule is CC(C)C(=O)CCc1ccc(F)c(C(F)(F)F)c1. The van der Waals surface area contributed by atoms with Crippen LogP contribution in [0.4, 0.5) is 17.6 Å². The van der Waals surface area contributed by atoms with Crippen molar-refractivity contribution in [3.8, 4) is 0 Å². The van der Waals surface area contributed by atoms with Crippen LogP contribution in [-0.4, -0.2) is 5.78 Å². The molecule has 0 saturated carbocycles. The number of hydrogen-bond donors (Lipinski definition) is 0. The van der Waals surface area contributed by atoms with Crippen molar-refractivity contribution in [1.29, 1.82) is 0 Å². The summed E-state index contributed by atoms with van der Waals surface area (Å²) >= 11 is 0. The van der Waals surface area contributed by atoms with Crippen molar-refractivity contribution in [1.82, 2.24) is 0 Å². The van der Waals surface area contributed by atoms with Gasteiger partial charge < -0.3 is 0 Å². The summed E-state index contributed by atoms with van der Waals surface area (Å²) in [5, 5.41) is 0. The van der Waals surface area contributed by atoms with Gasteiger partial charge in [0.25, 0.3) is 0 Å². The Morgan fingerprint density at radius 2 is 1.89 bits per heavy atom. The second-order valence-corrected chi connectivity index (χ2v) is 4.43. The van der Waals surface area contributed by atoms with Gasteiger partial charge in [-0.25, -0.2) is 4.39 Å². The lowest BCUT2D eigenvalue weighted by Gasteiger charge is -2.10. The van der Waals surface area contributed by atoms with Gasteiger partial charge in [0, 0.05) is 12.3 Å². The summed E-state index contributed by atoms with van der Waals surface area (Å²) in [6.45, 7) is 3.46. The Labute approximate surface area is 103 Å². The smallest absolute Gasteiger partial charge is 0.299 e. The molecule has 100 valence electrons. The number of ketones is 1. The average molecular weight is 262 g/mol. The number of carbonyl (C=O) groups excluding carboxylic acids is 1. The first-order valence-corrected chi connectivity index (χ1v) is 5.60.